The van der Waals surface area contributed by atoms with E-state index in [9.17, 15) is 4.39 Å². The molecular formula is C17H16FNO. The number of furan rings is 1. The van der Waals surface area contributed by atoms with Crippen LogP contribution >= 0.6 is 0 Å². The molecule has 3 rings (SSSR count). The highest BCUT2D eigenvalue weighted by Gasteiger charge is 2.19. The highest BCUT2D eigenvalue weighted by atomic mass is 19.1. The molecule has 0 aliphatic carbocycles. The first-order valence-corrected chi connectivity index (χ1v) is 6.57. The van der Waals surface area contributed by atoms with Crippen molar-refractivity contribution in [1.29, 1.82) is 0 Å². The van der Waals surface area contributed by atoms with Crippen molar-refractivity contribution in [3.8, 4) is 0 Å². The molecule has 0 saturated heterocycles. The lowest BCUT2D eigenvalue weighted by molar-refractivity contribution is 0.519. The summed E-state index contributed by atoms with van der Waals surface area (Å²) in [6, 6.07) is 12.4. The summed E-state index contributed by atoms with van der Waals surface area (Å²) in [5.74, 6) is 0.446. The molecule has 2 N–H and O–H groups in total. The molecule has 102 valence electrons. The monoisotopic (exact) mass is 269 g/mol. The lowest BCUT2D eigenvalue weighted by Gasteiger charge is -2.11. The third kappa shape index (κ3) is 2.00. The molecule has 2 aromatic carbocycles. The Morgan fingerprint density at radius 3 is 2.55 bits per heavy atom. The molecule has 1 atom stereocenters. The van der Waals surface area contributed by atoms with E-state index < -0.39 is 6.04 Å². The molecule has 0 saturated carbocycles. The molecule has 20 heavy (non-hydrogen) atoms. The zero-order chi connectivity index (χ0) is 14.3. The van der Waals surface area contributed by atoms with Crippen LogP contribution in [0.3, 0.4) is 0 Å². The Morgan fingerprint density at radius 1 is 1.10 bits per heavy atom. The Morgan fingerprint density at radius 2 is 1.85 bits per heavy atom. The minimum atomic E-state index is -0.461. The molecule has 2 nitrogen and oxygen atoms in total. The Labute approximate surface area is 117 Å². The van der Waals surface area contributed by atoms with Gasteiger partial charge in [-0.3, -0.25) is 0 Å². The Balaban J connectivity index is 2.09. The number of hydrogen-bond donors (Lipinski definition) is 1. The SMILES string of the molecule is Cc1ccc(C(N)c2oc3ccccc3c2C)cc1F. The molecule has 0 spiro atoms. The molecule has 1 aromatic heterocycles. The van der Waals surface area contributed by atoms with E-state index >= 15 is 0 Å². The van der Waals surface area contributed by atoms with E-state index in [1.165, 1.54) is 6.07 Å². The van der Waals surface area contributed by atoms with Crippen molar-refractivity contribution in [2.45, 2.75) is 19.9 Å². The Hall–Kier alpha value is -2.13. The standard InChI is InChI=1S/C17H16FNO/c1-10-7-8-12(9-14(10)18)16(19)17-11(2)13-5-3-4-6-15(13)20-17/h3-9,16H,19H2,1-2H3. The molecule has 3 aromatic rings. The molecule has 0 amide bonds. The van der Waals surface area contributed by atoms with E-state index in [2.05, 4.69) is 0 Å². The third-order valence-electron chi connectivity index (χ3n) is 3.72. The number of fused-ring (bicyclic) bond motifs is 1. The largest absolute Gasteiger partial charge is 0.459 e. The van der Waals surface area contributed by atoms with Gasteiger partial charge in [-0.25, -0.2) is 4.39 Å². The molecule has 0 bridgehead atoms. The van der Waals surface area contributed by atoms with E-state index in [4.69, 9.17) is 10.2 Å². The predicted molar refractivity (Wildman–Crippen MR) is 78.1 cm³/mol. The molecule has 0 fully saturated rings. The van der Waals surface area contributed by atoms with Crippen LogP contribution in [0.5, 0.6) is 0 Å². The minimum Gasteiger partial charge on any atom is -0.459 e. The average molecular weight is 269 g/mol. The van der Waals surface area contributed by atoms with Crippen LogP contribution in [0, 0.1) is 19.7 Å². The summed E-state index contributed by atoms with van der Waals surface area (Å²) in [5.41, 5.74) is 9.39. The first kappa shape index (κ1) is 12.9. The van der Waals surface area contributed by atoms with Gasteiger partial charge < -0.3 is 10.2 Å². The first-order valence-electron chi connectivity index (χ1n) is 6.57. The fraction of sp³-hybridized carbons (Fsp3) is 0.176. The predicted octanol–water partition coefficient (Wildman–Crippen LogP) is 4.24. The minimum absolute atomic E-state index is 0.244. The van der Waals surface area contributed by atoms with Crippen molar-refractivity contribution in [2.24, 2.45) is 5.73 Å². The fourth-order valence-corrected chi connectivity index (χ4v) is 2.44. The number of para-hydroxylation sites is 1. The van der Waals surface area contributed by atoms with Gasteiger partial charge in [0, 0.05) is 10.9 Å². The van der Waals surface area contributed by atoms with E-state index in [1.807, 2.05) is 37.3 Å². The van der Waals surface area contributed by atoms with Gasteiger partial charge in [-0.15, -0.1) is 0 Å². The number of aryl methyl sites for hydroxylation is 2. The van der Waals surface area contributed by atoms with Gasteiger partial charge in [-0.05, 0) is 37.1 Å². The molecule has 1 heterocycles. The van der Waals surface area contributed by atoms with Gasteiger partial charge in [-0.2, -0.15) is 0 Å². The van der Waals surface area contributed by atoms with Crippen LogP contribution < -0.4 is 5.73 Å². The number of hydrogen-bond acceptors (Lipinski definition) is 2. The zero-order valence-corrected chi connectivity index (χ0v) is 11.5. The lowest BCUT2D eigenvalue weighted by atomic mass is 10.0. The van der Waals surface area contributed by atoms with Gasteiger partial charge in [0.25, 0.3) is 0 Å². The van der Waals surface area contributed by atoms with Gasteiger partial charge in [0.1, 0.15) is 17.2 Å². The topological polar surface area (TPSA) is 39.2 Å². The quantitative estimate of drug-likeness (QED) is 0.756. The lowest BCUT2D eigenvalue weighted by Crippen LogP contribution is -2.12. The molecule has 0 radical (unpaired) electrons. The maximum atomic E-state index is 13.7. The number of nitrogens with two attached hydrogens (primary N) is 1. The van der Waals surface area contributed by atoms with Crippen molar-refractivity contribution in [3.05, 3.63) is 70.7 Å². The van der Waals surface area contributed by atoms with Crippen LogP contribution in [0.15, 0.2) is 46.9 Å². The second-order valence-electron chi connectivity index (χ2n) is 5.07. The normalized spacial score (nSPS) is 12.8. The van der Waals surface area contributed by atoms with E-state index in [-0.39, 0.29) is 5.82 Å². The average Bonchev–Trinajstić information content (AvgIpc) is 2.79. The highest BCUT2D eigenvalue weighted by Crippen LogP contribution is 2.31. The molecular weight excluding hydrogens is 253 g/mol. The summed E-state index contributed by atoms with van der Waals surface area (Å²) in [7, 11) is 0. The zero-order valence-electron chi connectivity index (χ0n) is 11.5. The Bertz CT molecular complexity index is 776. The van der Waals surface area contributed by atoms with Crippen LogP contribution in [0.25, 0.3) is 11.0 Å². The number of benzene rings is 2. The van der Waals surface area contributed by atoms with Gasteiger partial charge in [-0.1, -0.05) is 30.3 Å². The molecule has 0 aliphatic rings. The third-order valence-corrected chi connectivity index (χ3v) is 3.72. The number of rotatable bonds is 2. The van der Waals surface area contributed by atoms with Gasteiger partial charge in [0.05, 0.1) is 6.04 Å². The van der Waals surface area contributed by atoms with E-state index in [1.54, 1.807) is 13.0 Å². The van der Waals surface area contributed by atoms with Crippen molar-refractivity contribution in [2.75, 3.05) is 0 Å². The van der Waals surface area contributed by atoms with Gasteiger partial charge >= 0.3 is 0 Å². The second kappa shape index (κ2) is 4.76. The summed E-state index contributed by atoms with van der Waals surface area (Å²) in [6.45, 7) is 3.71. The second-order valence-corrected chi connectivity index (χ2v) is 5.07. The fourth-order valence-electron chi connectivity index (χ4n) is 2.44. The van der Waals surface area contributed by atoms with Crippen LogP contribution in [-0.4, -0.2) is 0 Å². The maximum Gasteiger partial charge on any atom is 0.134 e. The maximum absolute atomic E-state index is 13.7. The summed E-state index contributed by atoms with van der Waals surface area (Å²) in [4.78, 5) is 0. The molecule has 1 unspecified atom stereocenters. The van der Waals surface area contributed by atoms with Crippen molar-refractivity contribution in [3.63, 3.8) is 0 Å². The molecule has 3 heteroatoms. The van der Waals surface area contributed by atoms with Crippen LogP contribution in [0.4, 0.5) is 4.39 Å². The van der Waals surface area contributed by atoms with Crippen molar-refractivity contribution >= 4 is 11.0 Å². The summed E-state index contributed by atoms with van der Waals surface area (Å²) in [6.07, 6.45) is 0. The number of halogens is 1. The highest BCUT2D eigenvalue weighted by molar-refractivity contribution is 5.82. The summed E-state index contributed by atoms with van der Waals surface area (Å²) >= 11 is 0. The van der Waals surface area contributed by atoms with Crippen LogP contribution in [0.1, 0.15) is 28.5 Å². The van der Waals surface area contributed by atoms with Gasteiger partial charge in [0.15, 0.2) is 0 Å². The van der Waals surface area contributed by atoms with Crippen LogP contribution in [-0.2, 0) is 0 Å². The van der Waals surface area contributed by atoms with Crippen molar-refractivity contribution in [1.82, 2.24) is 0 Å². The van der Waals surface area contributed by atoms with Crippen molar-refractivity contribution < 1.29 is 8.81 Å². The first-order chi connectivity index (χ1) is 9.58. The summed E-state index contributed by atoms with van der Waals surface area (Å²) in [5, 5.41) is 1.05. The van der Waals surface area contributed by atoms with Gasteiger partial charge in [0.2, 0.25) is 0 Å². The molecule has 0 aliphatic heterocycles. The van der Waals surface area contributed by atoms with E-state index in [0.717, 1.165) is 22.1 Å². The van der Waals surface area contributed by atoms with Crippen LogP contribution in [0.2, 0.25) is 0 Å². The van der Waals surface area contributed by atoms with E-state index in [0.29, 0.717) is 11.3 Å². The Kier molecular flexibility index (Phi) is 3.07. The smallest absolute Gasteiger partial charge is 0.134 e. The summed E-state index contributed by atoms with van der Waals surface area (Å²) < 4.78 is 19.5.